The van der Waals surface area contributed by atoms with Gasteiger partial charge in [0.2, 0.25) is 0 Å². The van der Waals surface area contributed by atoms with E-state index in [2.05, 4.69) is 13.8 Å². The van der Waals surface area contributed by atoms with Gasteiger partial charge in [-0.05, 0) is 18.3 Å². The van der Waals surface area contributed by atoms with Crippen molar-refractivity contribution in [2.45, 2.75) is 32.7 Å². The summed E-state index contributed by atoms with van der Waals surface area (Å²) in [6.45, 7) is 5.78. The van der Waals surface area contributed by atoms with Gasteiger partial charge in [-0.2, -0.15) is 0 Å². The standard InChI is InChI=1S/C11H19NO4/c1-7(2)8-5-12(6-8)9(11(15)16)3-4-10(13)14/h7-9H,3-6H2,1-2H3,(H,13,14)(H,15,16). The highest BCUT2D eigenvalue weighted by Crippen LogP contribution is 2.26. The first-order valence-corrected chi connectivity index (χ1v) is 5.60. The van der Waals surface area contributed by atoms with Gasteiger partial charge in [0.25, 0.3) is 0 Å². The summed E-state index contributed by atoms with van der Waals surface area (Å²) in [7, 11) is 0. The third-order valence-electron chi connectivity index (χ3n) is 3.24. The van der Waals surface area contributed by atoms with E-state index in [0.717, 1.165) is 13.1 Å². The molecule has 1 unspecified atom stereocenters. The summed E-state index contributed by atoms with van der Waals surface area (Å²) in [6, 6.07) is -0.633. The molecule has 1 aliphatic heterocycles. The van der Waals surface area contributed by atoms with Gasteiger partial charge in [0.15, 0.2) is 0 Å². The van der Waals surface area contributed by atoms with Crippen molar-refractivity contribution >= 4 is 11.9 Å². The Morgan fingerprint density at radius 2 is 1.88 bits per heavy atom. The van der Waals surface area contributed by atoms with Crippen LogP contribution in [0.15, 0.2) is 0 Å². The second-order valence-electron chi connectivity index (χ2n) is 4.74. The van der Waals surface area contributed by atoms with Gasteiger partial charge < -0.3 is 10.2 Å². The first kappa shape index (κ1) is 13.0. The Labute approximate surface area is 95.1 Å². The van der Waals surface area contributed by atoms with Gasteiger partial charge in [0.1, 0.15) is 6.04 Å². The molecule has 2 N–H and O–H groups in total. The van der Waals surface area contributed by atoms with Crippen molar-refractivity contribution in [1.82, 2.24) is 4.90 Å². The van der Waals surface area contributed by atoms with Gasteiger partial charge >= 0.3 is 11.9 Å². The quantitative estimate of drug-likeness (QED) is 0.707. The summed E-state index contributed by atoms with van der Waals surface area (Å²) < 4.78 is 0. The predicted octanol–water partition coefficient (Wildman–Crippen LogP) is 0.892. The van der Waals surface area contributed by atoms with Gasteiger partial charge in [-0.3, -0.25) is 14.5 Å². The van der Waals surface area contributed by atoms with Crippen molar-refractivity contribution in [3.63, 3.8) is 0 Å². The number of rotatable bonds is 6. The van der Waals surface area contributed by atoms with Crippen molar-refractivity contribution in [1.29, 1.82) is 0 Å². The molecule has 1 fully saturated rings. The zero-order valence-electron chi connectivity index (χ0n) is 9.72. The maximum absolute atomic E-state index is 11.0. The molecule has 0 bridgehead atoms. The Hall–Kier alpha value is -1.10. The number of aliphatic carboxylic acids is 2. The van der Waals surface area contributed by atoms with Crippen molar-refractivity contribution in [3.05, 3.63) is 0 Å². The van der Waals surface area contributed by atoms with Crippen LogP contribution in [0.4, 0.5) is 0 Å². The van der Waals surface area contributed by atoms with Gasteiger partial charge in [0.05, 0.1) is 0 Å². The minimum Gasteiger partial charge on any atom is -0.481 e. The molecule has 0 spiro atoms. The molecule has 1 aliphatic rings. The van der Waals surface area contributed by atoms with Crippen LogP contribution in [0.2, 0.25) is 0 Å². The highest BCUT2D eigenvalue weighted by atomic mass is 16.4. The lowest BCUT2D eigenvalue weighted by Crippen LogP contribution is -2.56. The number of likely N-dealkylation sites (tertiary alicyclic amines) is 1. The summed E-state index contributed by atoms with van der Waals surface area (Å²) in [6.07, 6.45) is 0.106. The number of hydrogen-bond acceptors (Lipinski definition) is 3. The fraction of sp³-hybridized carbons (Fsp3) is 0.818. The maximum atomic E-state index is 11.0. The number of carbonyl (C=O) groups is 2. The normalized spacial score (nSPS) is 19.4. The monoisotopic (exact) mass is 229 g/mol. The second-order valence-corrected chi connectivity index (χ2v) is 4.74. The molecule has 5 nitrogen and oxygen atoms in total. The van der Waals surface area contributed by atoms with Crippen molar-refractivity contribution < 1.29 is 19.8 Å². The molecule has 1 saturated heterocycles. The molecule has 1 atom stereocenters. The fourth-order valence-electron chi connectivity index (χ4n) is 1.95. The Bertz CT molecular complexity index is 271. The van der Waals surface area contributed by atoms with Crippen LogP contribution in [0, 0.1) is 11.8 Å². The molecule has 0 aromatic heterocycles. The van der Waals surface area contributed by atoms with Crippen molar-refractivity contribution in [2.75, 3.05) is 13.1 Å². The number of carboxylic acids is 2. The predicted molar refractivity (Wildman–Crippen MR) is 58.2 cm³/mol. The average Bonchev–Trinajstić information content (AvgIpc) is 2.06. The summed E-state index contributed by atoms with van der Waals surface area (Å²) in [5, 5.41) is 17.6. The summed E-state index contributed by atoms with van der Waals surface area (Å²) in [5.74, 6) is -0.743. The van der Waals surface area contributed by atoms with Crippen LogP contribution in [-0.4, -0.2) is 46.2 Å². The van der Waals surface area contributed by atoms with E-state index >= 15 is 0 Å². The van der Waals surface area contributed by atoms with E-state index in [0.29, 0.717) is 11.8 Å². The molecular formula is C11H19NO4. The molecule has 1 rings (SSSR count). The van der Waals surface area contributed by atoms with Crippen LogP contribution < -0.4 is 0 Å². The van der Waals surface area contributed by atoms with Crippen LogP contribution in [0.5, 0.6) is 0 Å². The number of carboxylic acid groups (broad SMARTS) is 2. The largest absolute Gasteiger partial charge is 0.481 e. The number of hydrogen-bond donors (Lipinski definition) is 2. The second kappa shape index (κ2) is 5.30. The van der Waals surface area contributed by atoms with Gasteiger partial charge in [-0.25, -0.2) is 0 Å². The van der Waals surface area contributed by atoms with E-state index in [9.17, 15) is 9.59 Å². The molecule has 0 aromatic rings. The number of nitrogens with zero attached hydrogens (tertiary/aromatic N) is 1. The Balaban J connectivity index is 2.41. The van der Waals surface area contributed by atoms with E-state index in [1.165, 1.54) is 0 Å². The highest BCUT2D eigenvalue weighted by molar-refractivity contribution is 5.75. The van der Waals surface area contributed by atoms with E-state index in [1.807, 2.05) is 4.90 Å². The minimum atomic E-state index is -0.938. The molecule has 92 valence electrons. The molecule has 0 aliphatic carbocycles. The molecule has 0 saturated carbocycles. The van der Waals surface area contributed by atoms with E-state index in [-0.39, 0.29) is 12.8 Å². The molecule has 5 heteroatoms. The van der Waals surface area contributed by atoms with Crippen LogP contribution in [0.1, 0.15) is 26.7 Å². The minimum absolute atomic E-state index is 0.0835. The van der Waals surface area contributed by atoms with Gasteiger partial charge in [0, 0.05) is 19.5 Å². The smallest absolute Gasteiger partial charge is 0.320 e. The average molecular weight is 229 g/mol. The zero-order valence-corrected chi connectivity index (χ0v) is 9.72. The van der Waals surface area contributed by atoms with Crippen molar-refractivity contribution in [3.8, 4) is 0 Å². The first-order chi connectivity index (χ1) is 7.41. The van der Waals surface area contributed by atoms with Gasteiger partial charge in [-0.15, -0.1) is 0 Å². The Kier molecular flexibility index (Phi) is 4.29. The SMILES string of the molecule is CC(C)C1CN(C(CCC(=O)O)C(=O)O)C1. The van der Waals surface area contributed by atoms with E-state index in [1.54, 1.807) is 0 Å². The summed E-state index contributed by atoms with van der Waals surface area (Å²) >= 11 is 0. The first-order valence-electron chi connectivity index (χ1n) is 5.60. The molecule has 16 heavy (non-hydrogen) atoms. The van der Waals surface area contributed by atoms with E-state index in [4.69, 9.17) is 10.2 Å². The lowest BCUT2D eigenvalue weighted by atomic mass is 9.86. The molecule has 0 aromatic carbocycles. The topological polar surface area (TPSA) is 77.8 Å². The molecule has 1 heterocycles. The van der Waals surface area contributed by atoms with Crippen molar-refractivity contribution in [2.24, 2.45) is 11.8 Å². The molecular weight excluding hydrogens is 210 g/mol. The van der Waals surface area contributed by atoms with Crippen LogP contribution in [0.3, 0.4) is 0 Å². The molecule has 0 radical (unpaired) electrons. The van der Waals surface area contributed by atoms with Crippen LogP contribution in [-0.2, 0) is 9.59 Å². The van der Waals surface area contributed by atoms with Crippen LogP contribution >= 0.6 is 0 Å². The Morgan fingerprint density at radius 3 is 2.25 bits per heavy atom. The van der Waals surface area contributed by atoms with Gasteiger partial charge in [-0.1, -0.05) is 13.8 Å². The third-order valence-corrected chi connectivity index (χ3v) is 3.24. The fourth-order valence-corrected chi connectivity index (χ4v) is 1.95. The lowest BCUT2D eigenvalue weighted by Gasteiger charge is -2.44. The summed E-state index contributed by atoms with van der Waals surface area (Å²) in [4.78, 5) is 23.3. The van der Waals surface area contributed by atoms with E-state index < -0.39 is 18.0 Å². The third kappa shape index (κ3) is 3.20. The Morgan fingerprint density at radius 1 is 1.31 bits per heavy atom. The lowest BCUT2D eigenvalue weighted by molar-refractivity contribution is -0.148. The summed E-state index contributed by atoms with van der Waals surface area (Å²) in [5.41, 5.74) is 0. The molecule has 0 amide bonds. The zero-order chi connectivity index (χ0) is 12.3. The van der Waals surface area contributed by atoms with Crippen LogP contribution in [0.25, 0.3) is 0 Å². The maximum Gasteiger partial charge on any atom is 0.320 e. The highest BCUT2D eigenvalue weighted by Gasteiger charge is 2.37.